The van der Waals surface area contributed by atoms with Crippen LogP contribution < -0.4 is 4.90 Å². The molecule has 0 saturated carbocycles. The number of esters is 1. The molecule has 0 aliphatic heterocycles. The van der Waals surface area contributed by atoms with Crippen molar-refractivity contribution in [2.45, 2.75) is 19.6 Å². The minimum Gasteiger partial charge on any atom is -0.453 e. The fraction of sp³-hybridized carbons (Fsp3) is 0.278. The fourth-order valence-electron chi connectivity index (χ4n) is 2.45. The molecule has 3 nitrogen and oxygen atoms in total. The number of rotatable bonds is 6. The minimum atomic E-state index is -0.424. The van der Waals surface area contributed by atoms with Gasteiger partial charge in [0.05, 0.1) is 17.6 Å². The molecule has 2 aromatic rings. The maximum atomic E-state index is 12.2. The van der Waals surface area contributed by atoms with E-state index in [0.717, 1.165) is 6.54 Å². The van der Waals surface area contributed by atoms with E-state index in [-0.39, 0.29) is 6.10 Å². The lowest BCUT2D eigenvalue weighted by Gasteiger charge is -2.19. The van der Waals surface area contributed by atoms with Gasteiger partial charge >= 0.3 is 5.97 Å². The number of ether oxygens (including phenoxy) is 1. The molecule has 0 saturated heterocycles. The highest BCUT2D eigenvalue weighted by Gasteiger charge is 2.18. The van der Waals surface area contributed by atoms with E-state index in [0.29, 0.717) is 22.2 Å². The first kappa shape index (κ1) is 17.8. The van der Waals surface area contributed by atoms with Crippen LogP contribution in [-0.4, -0.2) is 25.7 Å². The summed E-state index contributed by atoms with van der Waals surface area (Å²) in [6.07, 6.45) is -0.210. The molecule has 2 aromatic carbocycles. The van der Waals surface area contributed by atoms with Crippen LogP contribution in [0.3, 0.4) is 0 Å². The smallest absolute Gasteiger partial charge is 0.340 e. The molecule has 2 rings (SSSR count). The average Bonchev–Trinajstić information content (AvgIpc) is 2.47. The Morgan fingerprint density at radius 3 is 2.52 bits per heavy atom. The third-order valence-electron chi connectivity index (χ3n) is 3.44. The molecule has 0 bridgehead atoms. The summed E-state index contributed by atoms with van der Waals surface area (Å²) in [5.74, 6) is -0.424. The Labute approximate surface area is 146 Å². The Kier molecular flexibility index (Phi) is 6.46. The van der Waals surface area contributed by atoms with Crippen molar-refractivity contribution < 1.29 is 14.4 Å². The maximum absolute atomic E-state index is 12.2. The first-order chi connectivity index (χ1) is 11.0. The van der Waals surface area contributed by atoms with Gasteiger partial charge < -0.3 is 9.64 Å². The van der Waals surface area contributed by atoms with E-state index < -0.39 is 5.97 Å². The number of likely N-dealkylation sites (N-methyl/N-ethyl adjacent to an activating group) is 1. The molecule has 1 unspecified atom stereocenters. The zero-order chi connectivity index (χ0) is 16.8. The van der Waals surface area contributed by atoms with E-state index in [1.807, 2.05) is 25.1 Å². The molecule has 0 fully saturated rings. The molecule has 2 atom stereocenters. The van der Waals surface area contributed by atoms with Crippen molar-refractivity contribution >= 4 is 29.2 Å². The van der Waals surface area contributed by atoms with Crippen LogP contribution in [0, 0.1) is 0 Å². The summed E-state index contributed by atoms with van der Waals surface area (Å²) in [5.41, 5.74) is 1.59. The predicted molar refractivity (Wildman–Crippen MR) is 93.2 cm³/mol. The van der Waals surface area contributed by atoms with Gasteiger partial charge in [-0.1, -0.05) is 53.5 Å². The van der Waals surface area contributed by atoms with Gasteiger partial charge in [0.15, 0.2) is 0 Å². The number of hydrogen-bond donors (Lipinski definition) is 1. The highest BCUT2D eigenvalue weighted by Crippen LogP contribution is 2.21. The van der Waals surface area contributed by atoms with Crippen LogP contribution in [0.5, 0.6) is 0 Å². The maximum Gasteiger partial charge on any atom is 0.340 e. The van der Waals surface area contributed by atoms with Crippen molar-refractivity contribution in [2.75, 3.05) is 13.6 Å². The third-order valence-corrected chi connectivity index (χ3v) is 3.99. The van der Waals surface area contributed by atoms with Gasteiger partial charge in [0, 0.05) is 10.6 Å². The second-order valence-corrected chi connectivity index (χ2v) is 6.51. The number of carbonyl (C=O) groups excluding carboxylic acids is 1. The van der Waals surface area contributed by atoms with Crippen molar-refractivity contribution in [3.8, 4) is 0 Å². The standard InChI is InChI=1S/C18H19Cl2NO2/c1-13(11-21(2)12-14-6-4-3-5-7-14)23-18(22)16-9-8-15(19)10-17(16)20/h3-10,13H,11-12H2,1-2H3/p+1/t13-/m0/s1. The van der Waals surface area contributed by atoms with E-state index in [2.05, 4.69) is 19.2 Å². The van der Waals surface area contributed by atoms with E-state index in [4.69, 9.17) is 27.9 Å². The lowest BCUT2D eigenvalue weighted by molar-refractivity contribution is -0.896. The number of carbonyl (C=O) groups is 1. The van der Waals surface area contributed by atoms with Crippen LogP contribution in [0.25, 0.3) is 0 Å². The number of benzene rings is 2. The highest BCUT2D eigenvalue weighted by atomic mass is 35.5. The SMILES string of the molecule is C[C@@H](C[NH+](C)Cc1ccccc1)OC(=O)c1ccc(Cl)cc1Cl. The lowest BCUT2D eigenvalue weighted by Crippen LogP contribution is -3.08. The second kappa shape index (κ2) is 8.34. The Morgan fingerprint density at radius 2 is 1.87 bits per heavy atom. The van der Waals surface area contributed by atoms with Crippen LogP contribution in [0.2, 0.25) is 10.0 Å². The summed E-state index contributed by atoms with van der Waals surface area (Å²) in [6.45, 7) is 3.48. The Balaban J connectivity index is 1.88. The topological polar surface area (TPSA) is 30.7 Å². The van der Waals surface area contributed by atoms with Gasteiger partial charge in [-0.15, -0.1) is 0 Å². The second-order valence-electron chi connectivity index (χ2n) is 5.66. The minimum absolute atomic E-state index is 0.210. The Hall–Kier alpha value is -1.55. The first-order valence-electron chi connectivity index (χ1n) is 7.47. The van der Waals surface area contributed by atoms with E-state index in [9.17, 15) is 4.79 Å². The molecule has 0 amide bonds. The zero-order valence-electron chi connectivity index (χ0n) is 13.2. The zero-order valence-corrected chi connectivity index (χ0v) is 14.7. The molecule has 122 valence electrons. The largest absolute Gasteiger partial charge is 0.453 e. The molecule has 0 radical (unpaired) electrons. The van der Waals surface area contributed by atoms with Crippen LogP contribution in [0.15, 0.2) is 48.5 Å². The number of quaternary nitrogens is 1. The van der Waals surface area contributed by atoms with Gasteiger partial charge in [-0.3, -0.25) is 0 Å². The average molecular weight is 353 g/mol. The summed E-state index contributed by atoms with van der Waals surface area (Å²) >= 11 is 11.9. The van der Waals surface area contributed by atoms with E-state index >= 15 is 0 Å². The molecule has 5 heteroatoms. The Morgan fingerprint density at radius 1 is 1.17 bits per heavy atom. The molecular formula is C18H20Cl2NO2+. The van der Waals surface area contributed by atoms with E-state index in [1.54, 1.807) is 12.1 Å². The summed E-state index contributed by atoms with van der Waals surface area (Å²) in [5, 5.41) is 0.798. The highest BCUT2D eigenvalue weighted by molar-refractivity contribution is 6.36. The number of hydrogen-bond acceptors (Lipinski definition) is 2. The summed E-state index contributed by atoms with van der Waals surface area (Å²) in [6, 6.07) is 15.0. The van der Waals surface area contributed by atoms with Crippen molar-refractivity contribution in [2.24, 2.45) is 0 Å². The normalized spacial score (nSPS) is 13.4. The predicted octanol–water partition coefficient (Wildman–Crippen LogP) is 3.25. The van der Waals surface area contributed by atoms with Gasteiger partial charge in [0.25, 0.3) is 0 Å². The Bertz CT molecular complexity index is 661. The van der Waals surface area contributed by atoms with Crippen LogP contribution >= 0.6 is 23.2 Å². The number of nitrogens with one attached hydrogen (secondary N) is 1. The van der Waals surface area contributed by atoms with Crippen molar-refractivity contribution in [3.63, 3.8) is 0 Å². The van der Waals surface area contributed by atoms with Crippen LogP contribution in [0.1, 0.15) is 22.8 Å². The molecule has 1 N–H and O–H groups in total. The molecule has 23 heavy (non-hydrogen) atoms. The fourth-order valence-corrected chi connectivity index (χ4v) is 2.94. The lowest BCUT2D eigenvalue weighted by atomic mass is 10.2. The molecule has 0 aromatic heterocycles. The first-order valence-corrected chi connectivity index (χ1v) is 8.22. The van der Waals surface area contributed by atoms with Gasteiger partial charge in [-0.25, -0.2) is 4.79 Å². The summed E-state index contributed by atoms with van der Waals surface area (Å²) in [7, 11) is 2.08. The molecule has 0 heterocycles. The van der Waals surface area contributed by atoms with E-state index in [1.165, 1.54) is 16.5 Å². The molecule has 0 spiro atoms. The van der Waals surface area contributed by atoms with Crippen LogP contribution in [0.4, 0.5) is 0 Å². The monoisotopic (exact) mass is 352 g/mol. The van der Waals surface area contributed by atoms with Gasteiger partial charge in [0.1, 0.15) is 19.2 Å². The summed E-state index contributed by atoms with van der Waals surface area (Å²) in [4.78, 5) is 13.4. The van der Waals surface area contributed by atoms with Crippen LogP contribution in [-0.2, 0) is 11.3 Å². The quantitative estimate of drug-likeness (QED) is 0.809. The van der Waals surface area contributed by atoms with Crippen molar-refractivity contribution in [1.82, 2.24) is 0 Å². The van der Waals surface area contributed by atoms with Crippen molar-refractivity contribution in [1.29, 1.82) is 0 Å². The van der Waals surface area contributed by atoms with Gasteiger partial charge in [-0.05, 0) is 25.1 Å². The molecular weight excluding hydrogens is 333 g/mol. The number of halogens is 2. The van der Waals surface area contributed by atoms with Crippen molar-refractivity contribution in [3.05, 3.63) is 69.7 Å². The molecule has 0 aliphatic rings. The molecule has 0 aliphatic carbocycles. The van der Waals surface area contributed by atoms with Gasteiger partial charge in [0.2, 0.25) is 0 Å². The summed E-state index contributed by atoms with van der Waals surface area (Å²) < 4.78 is 5.48. The third kappa shape index (κ3) is 5.54. The van der Waals surface area contributed by atoms with Gasteiger partial charge in [-0.2, -0.15) is 0 Å².